The SMILES string of the molecule is Cc1cc(-c2[c-]ccc(C(C)(C)C)c2)nc[c]1[Ge]([CH3])([CH3])[CH3].Cc1cc(C)cc(-c2ccc3c(c2)oc2c[c-]c(-c4cc(C(C)C(C)C)ccn4)cc23)c1.[Ir]. The number of hydrogen-bond acceptors (Lipinski definition) is 3. The third-order valence-electron chi connectivity index (χ3n) is 10.4. The Morgan fingerprint density at radius 3 is 2.02 bits per heavy atom. The van der Waals surface area contributed by atoms with Gasteiger partial charge in [0, 0.05) is 31.7 Å². The Kier molecular flexibility index (Phi) is 12.6. The number of aryl methyl sites for hydroxylation is 3. The molecular weight excluding hydrogens is 897 g/mol. The minimum atomic E-state index is -1.82. The second-order valence-corrected chi connectivity index (χ2v) is 27.8. The molecule has 0 aliphatic heterocycles. The molecule has 1 radical (unpaired) electrons. The minimum Gasteiger partial charge on any atom is -0.500 e. The van der Waals surface area contributed by atoms with Crippen molar-refractivity contribution in [3.63, 3.8) is 0 Å². The van der Waals surface area contributed by atoms with Gasteiger partial charge in [0.25, 0.3) is 0 Å². The molecule has 0 fully saturated rings. The van der Waals surface area contributed by atoms with Gasteiger partial charge in [-0.05, 0) is 54.6 Å². The predicted molar refractivity (Wildman–Crippen MR) is 229 cm³/mol. The number of pyridine rings is 2. The number of benzene rings is 4. The molecule has 0 aliphatic rings. The average molecular weight is 952 g/mol. The normalized spacial score (nSPS) is 12.4. The molecule has 0 saturated carbocycles. The van der Waals surface area contributed by atoms with Crippen LogP contribution in [0.15, 0.2) is 102 Å². The Bertz CT molecular complexity index is 2390. The van der Waals surface area contributed by atoms with E-state index in [9.17, 15) is 0 Å². The van der Waals surface area contributed by atoms with E-state index in [0.29, 0.717) is 11.8 Å². The van der Waals surface area contributed by atoms with E-state index >= 15 is 0 Å². The molecular formula is C49H54GeIrN2O-2. The molecule has 0 N–H and O–H groups in total. The molecule has 5 heteroatoms. The molecule has 3 heterocycles. The number of hydrogen-bond donors (Lipinski definition) is 0. The fraction of sp³-hybridized carbons (Fsp3) is 0.306. The molecule has 0 spiro atoms. The van der Waals surface area contributed by atoms with Gasteiger partial charge in [0.2, 0.25) is 0 Å². The minimum absolute atomic E-state index is 0. The molecule has 281 valence electrons. The van der Waals surface area contributed by atoms with Crippen molar-refractivity contribution in [3.05, 3.63) is 137 Å². The summed E-state index contributed by atoms with van der Waals surface area (Å²) in [7, 11) is 0. The molecule has 0 amide bonds. The smallest absolute Gasteiger partial charge is 0.121 e. The van der Waals surface area contributed by atoms with Crippen LogP contribution in [0.2, 0.25) is 17.3 Å². The van der Waals surface area contributed by atoms with E-state index in [0.717, 1.165) is 44.5 Å². The Hall–Kier alpha value is -3.83. The monoisotopic (exact) mass is 953 g/mol. The van der Waals surface area contributed by atoms with Gasteiger partial charge in [-0.3, -0.25) is 0 Å². The fourth-order valence-electron chi connectivity index (χ4n) is 7.02. The number of aromatic nitrogens is 2. The van der Waals surface area contributed by atoms with E-state index in [1.807, 2.05) is 18.3 Å². The van der Waals surface area contributed by atoms with Gasteiger partial charge in [-0.2, -0.15) is 0 Å². The van der Waals surface area contributed by atoms with Crippen LogP contribution in [0.3, 0.4) is 0 Å². The first-order chi connectivity index (χ1) is 25.0. The van der Waals surface area contributed by atoms with Gasteiger partial charge < -0.3 is 9.40 Å². The van der Waals surface area contributed by atoms with Crippen LogP contribution in [-0.4, -0.2) is 23.2 Å². The number of nitrogens with zero attached hydrogens (tertiary/aromatic N) is 2. The van der Waals surface area contributed by atoms with Gasteiger partial charge >= 0.3 is 132 Å². The molecule has 1 unspecified atom stereocenters. The van der Waals surface area contributed by atoms with Crippen molar-refractivity contribution in [2.75, 3.05) is 0 Å². The number of rotatable bonds is 6. The number of furan rings is 1. The second-order valence-electron chi connectivity index (χ2n) is 17.2. The summed E-state index contributed by atoms with van der Waals surface area (Å²) in [4.78, 5) is 9.35. The van der Waals surface area contributed by atoms with E-state index in [1.165, 1.54) is 43.3 Å². The molecule has 7 aromatic rings. The van der Waals surface area contributed by atoms with Gasteiger partial charge in [-0.1, -0.05) is 79.2 Å². The number of fused-ring (bicyclic) bond motifs is 3. The van der Waals surface area contributed by atoms with Crippen LogP contribution in [0, 0.1) is 38.8 Å². The predicted octanol–water partition coefficient (Wildman–Crippen LogP) is 13.2. The molecule has 4 aromatic carbocycles. The van der Waals surface area contributed by atoms with Gasteiger partial charge in [-0.25, -0.2) is 0 Å². The maximum atomic E-state index is 6.21. The standard InChI is InChI=1S/C30H28NO.C19H26GeN.Ir/c1-18(2)21(5)22-10-11-31-28(16-22)24-7-9-29-27(15-24)26-8-6-23(17-30(26)32-29)25-13-19(3)12-20(4)14-25;1-14-11-18(21-13-17(14)20(5,6)7)15-9-8-10-16(12-15)19(2,3)4;/h6,8-18,21H,1-5H3;8,10-13H,1-7H3;/q2*-1;. The molecule has 0 aliphatic carbocycles. The van der Waals surface area contributed by atoms with Crippen LogP contribution >= 0.6 is 0 Å². The Labute approximate surface area is 339 Å². The molecule has 1 atom stereocenters. The first-order valence-electron chi connectivity index (χ1n) is 18.9. The zero-order chi connectivity index (χ0) is 38.2. The zero-order valence-electron chi connectivity index (χ0n) is 34.0. The van der Waals surface area contributed by atoms with Crippen LogP contribution in [-0.2, 0) is 25.5 Å². The summed E-state index contributed by atoms with van der Waals surface area (Å²) in [5, 5.41) is 2.22. The fourth-order valence-corrected chi connectivity index (χ4v) is 10.6. The zero-order valence-corrected chi connectivity index (χ0v) is 38.5. The summed E-state index contributed by atoms with van der Waals surface area (Å²) in [6.07, 6.45) is 4.01. The Morgan fingerprint density at radius 2 is 1.37 bits per heavy atom. The topological polar surface area (TPSA) is 38.9 Å². The van der Waals surface area contributed by atoms with Crippen LogP contribution < -0.4 is 4.40 Å². The van der Waals surface area contributed by atoms with E-state index in [4.69, 9.17) is 9.40 Å². The molecule has 54 heavy (non-hydrogen) atoms. The average Bonchev–Trinajstić information content (AvgIpc) is 3.47. The second kappa shape index (κ2) is 16.5. The van der Waals surface area contributed by atoms with Crippen LogP contribution in [0.25, 0.3) is 55.6 Å². The van der Waals surface area contributed by atoms with Crippen molar-refractivity contribution in [1.82, 2.24) is 9.97 Å². The van der Waals surface area contributed by atoms with Crippen molar-refractivity contribution in [2.45, 2.75) is 90.9 Å². The summed E-state index contributed by atoms with van der Waals surface area (Å²) in [5.41, 5.74) is 14.9. The molecule has 3 aromatic heterocycles. The third-order valence-corrected chi connectivity index (χ3v) is 14.9. The van der Waals surface area contributed by atoms with Crippen molar-refractivity contribution >= 4 is 39.6 Å². The maximum absolute atomic E-state index is 6.21. The summed E-state index contributed by atoms with van der Waals surface area (Å²) in [6, 6.07) is 36.9. The van der Waals surface area contributed by atoms with Gasteiger partial charge in [0.15, 0.2) is 0 Å². The van der Waals surface area contributed by atoms with Gasteiger partial charge in [0.1, 0.15) is 5.58 Å². The van der Waals surface area contributed by atoms with Crippen LogP contribution in [0.5, 0.6) is 0 Å². The Balaban J connectivity index is 0.000000223. The third kappa shape index (κ3) is 9.33. The van der Waals surface area contributed by atoms with E-state index in [1.54, 1.807) is 0 Å². The molecule has 0 saturated heterocycles. The van der Waals surface area contributed by atoms with Crippen molar-refractivity contribution < 1.29 is 24.5 Å². The summed E-state index contributed by atoms with van der Waals surface area (Å²) < 4.78 is 7.70. The quantitative estimate of drug-likeness (QED) is 0.123. The van der Waals surface area contributed by atoms with Crippen LogP contribution in [0.1, 0.15) is 75.3 Å². The molecule has 7 rings (SSSR count). The first-order valence-corrected chi connectivity index (χ1v) is 26.2. The molecule has 3 nitrogen and oxygen atoms in total. The maximum Gasteiger partial charge on any atom is 0.121 e. The van der Waals surface area contributed by atoms with Crippen LogP contribution in [0.4, 0.5) is 0 Å². The van der Waals surface area contributed by atoms with Gasteiger partial charge in [0.05, 0.1) is 5.58 Å². The largest absolute Gasteiger partial charge is 0.500 e. The summed E-state index contributed by atoms with van der Waals surface area (Å²) in [5.74, 6) is 8.31. The summed E-state index contributed by atoms with van der Waals surface area (Å²) >= 11 is -1.82. The van der Waals surface area contributed by atoms with Crippen molar-refractivity contribution in [2.24, 2.45) is 5.92 Å². The van der Waals surface area contributed by atoms with E-state index < -0.39 is 13.3 Å². The van der Waals surface area contributed by atoms with E-state index in [-0.39, 0.29) is 25.5 Å². The van der Waals surface area contributed by atoms with Crippen molar-refractivity contribution in [3.8, 4) is 33.6 Å². The van der Waals surface area contributed by atoms with E-state index in [2.05, 4.69) is 176 Å². The van der Waals surface area contributed by atoms with Crippen molar-refractivity contribution in [1.29, 1.82) is 0 Å². The first kappa shape index (κ1) is 41.3. The van der Waals surface area contributed by atoms with Gasteiger partial charge in [-0.15, -0.1) is 23.8 Å². The summed E-state index contributed by atoms with van der Waals surface area (Å²) in [6.45, 7) is 20.0. The molecule has 0 bridgehead atoms. The Morgan fingerprint density at radius 1 is 0.685 bits per heavy atom.